The van der Waals surface area contributed by atoms with Crippen LogP contribution >= 0.6 is 0 Å². The number of amides is 1. The molecule has 1 aliphatic rings. The van der Waals surface area contributed by atoms with Crippen molar-refractivity contribution in [2.75, 3.05) is 19.7 Å². The molecule has 1 aromatic carbocycles. The van der Waals surface area contributed by atoms with Crippen LogP contribution in [-0.2, 0) is 5.60 Å². The van der Waals surface area contributed by atoms with E-state index in [9.17, 15) is 28.2 Å². The monoisotopic (exact) mass is 331 g/mol. The largest absolute Gasteiger partial charge is 0.421 e. The molecule has 1 aliphatic heterocycles. The van der Waals surface area contributed by atoms with E-state index >= 15 is 0 Å². The van der Waals surface area contributed by atoms with Crippen LogP contribution in [0.2, 0.25) is 0 Å². The van der Waals surface area contributed by atoms with Crippen LogP contribution in [0.5, 0.6) is 0 Å². The van der Waals surface area contributed by atoms with Gasteiger partial charge in [0.1, 0.15) is 0 Å². The van der Waals surface area contributed by atoms with Crippen molar-refractivity contribution in [3.05, 3.63) is 35.4 Å². The second-order valence-corrected chi connectivity index (χ2v) is 6.09. The van der Waals surface area contributed by atoms with Gasteiger partial charge in [-0.1, -0.05) is 12.1 Å². The van der Waals surface area contributed by atoms with Crippen LogP contribution in [0.15, 0.2) is 24.3 Å². The van der Waals surface area contributed by atoms with E-state index in [1.807, 2.05) is 0 Å². The minimum atomic E-state index is -4.79. The molecule has 2 rings (SSSR count). The highest BCUT2D eigenvalue weighted by Crippen LogP contribution is 2.38. The second-order valence-electron chi connectivity index (χ2n) is 6.09. The van der Waals surface area contributed by atoms with Crippen molar-refractivity contribution in [3.63, 3.8) is 0 Å². The minimum absolute atomic E-state index is 0.0111. The van der Waals surface area contributed by atoms with E-state index < -0.39 is 11.8 Å². The van der Waals surface area contributed by atoms with Gasteiger partial charge >= 0.3 is 6.18 Å². The quantitative estimate of drug-likeness (QED) is 0.893. The predicted molar refractivity (Wildman–Crippen MR) is 77.8 cm³/mol. The van der Waals surface area contributed by atoms with Crippen LogP contribution in [0.25, 0.3) is 0 Å². The molecule has 0 aliphatic carbocycles. The van der Waals surface area contributed by atoms with Crippen LogP contribution in [0, 0.1) is 5.92 Å². The first-order valence-corrected chi connectivity index (χ1v) is 7.46. The number of carbonyl (C=O) groups excluding carboxylic acids is 1. The van der Waals surface area contributed by atoms with Gasteiger partial charge in [0.05, 0.1) is 0 Å². The van der Waals surface area contributed by atoms with Crippen LogP contribution in [0.4, 0.5) is 13.2 Å². The van der Waals surface area contributed by atoms with Gasteiger partial charge in [0.2, 0.25) is 0 Å². The summed E-state index contributed by atoms with van der Waals surface area (Å²) < 4.78 is 38.4. The van der Waals surface area contributed by atoms with Crippen LogP contribution in [0.3, 0.4) is 0 Å². The molecule has 2 N–H and O–H groups in total. The molecule has 1 aromatic rings. The van der Waals surface area contributed by atoms with Gasteiger partial charge in [0.25, 0.3) is 5.91 Å². The van der Waals surface area contributed by atoms with E-state index in [-0.39, 0.29) is 29.6 Å². The maximum Gasteiger partial charge on any atom is 0.421 e. The van der Waals surface area contributed by atoms with Crippen molar-refractivity contribution in [1.82, 2.24) is 4.90 Å². The van der Waals surface area contributed by atoms with Gasteiger partial charge in [-0.25, -0.2) is 0 Å². The lowest BCUT2D eigenvalue weighted by Gasteiger charge is -2.32. The fraction of sp³-hybridized carbons (Fsp3) is 0.562. The number of nitrogens with zero attached hydrogens (tertiary/aromatic N) is 1. The van der Waals surface area contributed by atoms with Crippen molar-refractivity contribution in [3.8, 4) is 0 Å². The number of aliphatic hydroxyl groups is 2. The number of hydrogen-bond acceptors (Lipinski definition) is 3. The molecule has 1 amide bonds. The third-order valence-corrected chi connectivity index (χ3v) is 4.31. The van der Waals surface area contributed by atoms with Gasteiger partial charge in [0, 0.05) is 25.3 Å². The van der Waals surface area contributed by atoms with Crippen LogP contribution in [-0.4, -0.2) is 46.9 Å². The average molecular weight is 331 g/mol. The summed E-state index contributed by atoms with van der Waals surface area (Å²) in [5.74, 6) is -0.237. The number of alkyl halides is 3. The minimum Gasteiger partial charge on any atom is -0.396 e. The number of halogens is 3. The SMILES string of the molecule is CC(O)(c1ccc(C(=O)N2CCCC(CO)C2)cc1)C(F)(F)F. The van der Waals surface area contributed by atoms with Crippen molar-refractivity contribution < 1.29 is 28.2 Å². The summed E-state index contributed by atoms with van der Waals surface area (Å²) in [5, 5.41) is 18.8. The molecule has 0 aromatic heterocycles. The Morgan fingerprint density at radius 1 is 1.30 bits per heavy atom. The number of piperidine rings is 1. The Balaban J connectivity index is 2.15. The summed E-state index contributed by atoms with van der Waals surface area (Å²) in [4.78, 5) is 14.0. The van der Waals surface area contributed by atoms with E-state index in [1.54, 1.807) is 4.90 Å². The van der Waals surface area contributed by atoms with Crippen LogP contribution in [0.1, 0.15) is 35.7 Å². The first-order chi connectivity index (χ1) is 10.7. The lowest BCUT2D eigenvalue weighted by molar-refractivity contribution is -0.258. The molecule has 2 atom stereocenters. The lowest BCUT2D eigenvalue weighted by Crippen LogP contribution is -2.41. The smallest absolute Gasteiger partial charge is 0.396 e. The standard InChI is InChI=1S/C16H20F3NO3/c1-15(23,16(17,18)19)13-6-4-12(5-7-13)14(22)20-8-2-3-11(9-20)10-21/h4-7,11,21,23H,2-3,8-10H2,1H3. The fourth-order valence-corrected chi connectivity index (χ4v) is 2.68. The normalized spacial score (nSPS) is 21.8. The number of carbonyl (C=O) groups is 1. The molecule has 7 heteroatoms. The zero-order chi connectivity index (χ0) is 17.3. The number of likely N-dealkylation sites (tertiary alicyclic amines) is 1. The Kier molecular flexibility index (Phi) is 5.01. The van der Waals surface area contributed by atoms with Crippen LogP contribution < -0.4 is 0 Å². The second kappa shape index (κ2) is 6.49. The Morgan fingerprint density at radius 2 is 1.91 bits per heavy atom. The molecule has 0 radical (unpaired) electrons. The summed E-state index contributed by atoms with van der Waals surface area (Å²) in [6.07, 6.45) is -3.15. The molecule has 0 saturated carbocycles. The van der Waals surface area contributed by atoms with Gasteiger partial charge in [-0.2, -0.15) is 13.2 Å². The maximum absolute atomic E-state index is 12.8. The molecule has 128 valence electrons. The Morgan fingerprint density at radius 3 is 2.43 bits per heavy atom. The van der Waals surface area contributed by atoms with E-state index in [1.165, 1.54) is 12.1 Å². The maximum atomic E-state index is 12.8. The Labute approximate surface area is 132 Å². The van der Waals surface area contributed by atoms with E-state index in [2.05, 4.69) is 0 Å². The zero-order valence-electron chi connectivity index (χ0n) is 12.8. The highest BCUT2D eigenvalue weighted by Gasteiger charge is 2.51. The highest BCUT2D eigenvalue weighted by atomic mass is 19.4. The molecule has 0 bridgehead atoms. The summed E-state index contributed by atoms with van der Waals surface area (Å²) in [7, 11) is 0. The Hall–Kier alpha value is -1.60. The lowest BCUT2D eigenvalue weighted by atomic mass is 9.94. The molecule has 1 heterocycles. The summed E-state index contributed by atoms with van der Waals surface area (Å²) in [5.41, 5.74) is -3.00. The highest BCUT2D eigenvalue weighted by molar-refractivity contribution is 5.94. The molecule has 1 fully saturated rings. The summed E-state index contributed by atoms with van der Waals surface area (Å²) >= 11 is 0. The molecule has 23 heavy (non-hydrogen) atoms. The Bertz CT molecular complexity index is 555. The topological polar surface area (TPSA) is 60.8 Å². The molecule has 1 saturated heterocycles. The molecule has 4 nitrogen and oxygen atoms in total. The zero-order valence-corrected chi connectivity index (χ0v) is 12.8. The van der Waals surface area contributed by atoms with E-state index in [0.717, 1.165) is 25.0 Å². The summed E-state index contributed by atoms with van der Waals surface area (Å²) in [6.45, 7) is 1.70. The first kappa shape index (κ1) is 17.7. The predicted octanol–water partition coefficient (Wildman–Crippen LogP) is 2.30. The van der Waals surface area contributed by atoms with E-state index in [0.29, 0.717) is 20.0 Å². The van der Waals surface area contributed by atoms with Gasteiger partial charge in [-0.15, -0.1) is 0 Å². The third-order valence-electron chi connectivity index (χ3n) is 4.31. The van der Waals surface area contributed by atoms with Crippen molar-refractivity contribution in [1.29, 1.82) is 0 Å². The van der Waals surface area contributed by atoms with Gasteiger partial charge < -0.3 is 15.1 Å². The molecule has 2 unspecified atom stereocenters. The number of aliphatic hydroxyl groups excluding tert-OH is 1. The number of rotatable bonds is 3. The van der Waals surface area contributed by atoms with Gasteiger partial charge in [-0.3, -0.25) is 4.79 Å². The number of hydrogen-bond donors (Lipinski definition) is 2. The number of benzene rings is 1. The van der Waals surface area contributed by atoms with Gasteiger partial charge in [-0.05, 0) is 43.4 Å². The van der Waals surface area contributed by atoms with Crippen molar-refractivity contribution >= 4 is 5.91 Å². The van der Waals surface area contributed by atoms with Gasteiger partial charge in [0.15, 0.2) is 5.60 Å². The third kappa shape index (κ3) is 3.67. The first-order valence-electron chi connectivity index (χ1n) is 7.46. The molecular weight excluding hydrogens is 311 g/mol. The summed E-state index contributed by atoms with van der Waals surface area (Å²) in [6, 6.07) is 4.82. The van der Waals surface area contributed by atoms with Crippen molar-refractivity contribution in [2.24, 2.45) is 5.92 Å². The average Bonchev–Trinajstić information content (AvgIpc) is 2.53. The molecule has 0 spiro atoms. The fourth-order valence-electron chi connectivity index (χ4n) is 2.68. The van der Waals surface area contributed by atoms with Crippen molar-refractivity contribution in [2.45, 2.75) is 31.5 Å². The molecular formula is C16H20F3NO3. The van der Waals surface area contributed by atoms with E-state index in [4.69, 9.17) is 0 Å².